The molecule has 0 spiro atoms. The molecule has 0 saturated heterocycles. The number of rotatable bonds is 4. The van der Waals surface area contributed by atoms with Crippen LogP contribution in [0.4, 0.5) is 4.39 Å². The predicted octanol–water partition coefficient (Wildman–Crippen LogP) is 2.47. The highest BCUT2D eigenvalue weighted by molar-refractivity contribution is 5.81. The lowest BCUT2D eigenvalue weighted by Crippen LogP contribution is -2.32. The second kappa shape index (κ2) is 6.84. The molecule has 0 aliphatic heterocycles. The number of nitrogens with one attached hydrogen (secondary N) is 1. The van der Waals surface area contributed by atoms with E-state index in [-0.39, 0.29) is 30.4 Å². The van der Waals surface area contributed by atoms with E-state index in [0.29, 0.717) is 16.5 Å². The highest BCUT2D eigenvalue weighted by Crippen LogP contribution is 2.11. The van der Waals surface area contributed by atoms with Crippen LogP contribution in [0.15, 0.2) is 47.5 Å². The Morgan fingerprint density at radius 2 is 2.00 bits per heavy atom. The molecule has 25 heavy (non-hydrogen) atoms. The third-order valence-corrected chi connectivity index (χ3v) is 4.08. The second-order valence-corrected chi connectivity index (χ2v) is 6.01. The van der Waals surface area contributed by atoms with Crippen molar-refractivity contribution < 1.29 is 9.18 Å². The van der Waals surface area contributed by atoms with Gasteiger partial charge in [-0.15, -0.1) is 0 Å². The Labute approximate surface area is 144 Å². The fourth-order valence-electron chi connectivity index (χ4n) is 2.68. The molecule has 1 N–H and O–H groups in total. The number of hydrogen-bond donors (Lipinski definition) is 1. The molecule has 0 atom stereocenters. The number of hydrogen-bond acceptors (Lipinski definition) is 3. The van der Waals surface area contributed by atoms with E-state index in [9.17, 15) is 14.0 Å². The average molecular weight is 339 g/mol. The zero-order valence-corrected chi connectivity index (χ0v) is 14.0. The van der Waals surface area contributed by atoms with Crippen molar-refractivity contribution in [3.05, 3.63) is 75.6 Å². The van der Waals surface area contributed by atoms with Crippen molar-refractivity contribution in [2.75, 3.05) is 0 Å². The Morgan fingerprint density at radius 1 is 1.20 bits per heavy atom. The van der Waals surface area contributed by atoms with Crippen molar-refractivity contribution >= 4 is 16.8 Å². The zero-order valence-electron chi connectivity index (χ0n) is 14.0. The summed E-state index contributed by atoms with van der Waals surface area (Å²) in [5, 5.41) is 3.22. The summed E-state index contributed by atoms with van der Waals surface area (Å²) in [4.78, 5) is 28.9. The molecule has 0 unspecified atom stereocenters. The maximum absolute atomic E-state index is 13.3. The minimum absolute atomic E-state index is 0.115. The lowest BCUT2D eigenvalue weighted by molar-refractivity contribution is -0.121. The molecule has 0 bridgehead atoms. The number of carbonyl (C=O) groups is 1. The number of benzene rings is 2. The first kappa shape index (κ1) is 16.8. The van der Waals surface area contributed by atoms with Gasteiger partial charge in [-0.2, -0.15) is 0 Å². The maximum Gasteiger partial charge on any atom is 0.261 e. The molecule has 1 aromatic heterocycles. The SMILES string of the molecule is Cc1cc(CNC(=O)Cn2cnc3c(C)cccc3c2=O)ccc1F. The smallest absolute Gasteiger partial charge is 0.261 e. The number of nitrogens with zero attached hydrogens (tertiary/aromatic N) is 2. The Bertz CT molecular complexity index is 1010. The molecule has 0 saturated carbocycles. The van der Waals surface area contributed by atoms with Crippen LogP contribution >= 0.6 is 0 Å². The summed E-state index contributed by atoms with van der Waals surface area (Å²) in [7, 11) is 0. The van der Waals surface area contributed by atoms with Gasteiger partial charge in [-0.1, -0.05) is 24.3 Å². The maximum atomic E-state index is 13.3. The molecule has 0 aliphatic carbocycles. The summed E-state index contributed by atoms with van der Waals surface area (Å²) in [6.07, 6.45) is 1.39. The van der Waals surface area contributed by atoms with E-state index in [2.05, 4.69) is 10.3 Å². The van der Waals surface area contributed by atoms with E-state index < -0.39 is 0 Å². The predicted molar refractivity (Wildman–Crippen MR) is 93.7 cm³/mol. The molecule has 1 heterocycles. The first-order chi connectivity index (χ1) is 12.0. The molecule has 6 heteroatoms. The zero-order chi connectivity index (χ0) is 18.0. The van der Waals surface area contributed by atoms with Crippen LogP contribution in [0, 0.1) is 19.7 Å². The number of carbonyl (C=O) groups excluding carboxylic acids is 1. The summed E-state index contributed by atoms with van der Waals surface area (Å²) < 4.78 is 14.5. The minimum atomic E-state index is -0.308. The normalized spacial score (nSPS) is 10.8. The Kier molecular flexibility index (Phi) is 4.61. The van der Waals surface area contributed by atoms with Crippen molar-refractivity contribution in [2.45, 2.75) is 26.9 Å². The van der Waals surface area contributed by atoms with Crippen molar-refractivity contribution in [3.8, 4) is 0 Å². The molecule has 5 nitrogen and oxygen atoms in total. The molecule has 3 aromatic rings. The summed E-state index contributed by atoms with van der Waals surface area (Å²) in [6, 6.07) is 10.1. The number of aryl methyl sites for hydroxylation is 2. The van der Waals surface area contributed by atoms with Crippen LogP contribution in [0.25, 0.3) is 10.9 Å². The van der Waals surface area contributed by atoms with Gasteiger partial charge in [0.1, 0.15) is 12.4 Å². The standard InChI is InChI=1S/C19H18FN3O2/c1-12-4-3-5-15-18(12)22-11-23(19(15)25)10-17(24)21-9-14-6-7-16(20)13(2)8-14/h3-8,11H,9-10H2,1-2H3,(H,21,24). The third kappa shape index (κ3) is 3.57. The van der Waals surface area contributed by atoms with E-state index in [1.54, 1.807) is 31.2 Å². The first-order valence-electron chi connectivity index (χ1n) is 7.92. The van der Waals surface area contributed by atoms with Gasteiger partial charge < -0.3 is 5.32 Å². The summed E-state index contributed by atoms with van der Waals surface area (Å²) >= 11 is 0. The molecular weight excluding hydrogens is 321 g/mol. The Morgan fingerprint density at radius 3 is 2.76 bits per heavy atom. The lowest BCUT2D eigenvalue weighted by Gasteiger charge is -2.09. The second-order valence-electron chi connectivity index (χ2n) is 6.01. The van der Waals surface area contributed by atoms with E-state index in [0.717, 1.165) is 11.1 Å². The van der Waals surface area contributed by atoms with Crippen LogP contribution in [-0.4, -0.2) is 15.5 Å². The van der Waals surface area contributed by atoms with Gasteiger partial charge >= 0.3 is 0 Å². The van der Waals surface area contributed by atoms with Crippen LogP contribution < -0.4 is 10.9 Å². The van der Waals surface area contributed by atoms with Crippen molar-refractivity contribution in [2.24, 2.45) is 0 Å². The van der Waals surface area contributed by atoms with Gasteiger partial charge in [-0.05, 0) is 42.7 Å². The number of aromatic nitrogens is 2. The highest BCUT2D eigenvalue weighted by atomic mass is 19.1. The lowest BCUT2D eigenvalue weighted by atomic mass is 10.1. The fraction of sp³-hybridized carbons (Fsp3) is 0.211. The minimum Gasteiger partial charge on any atom is -0.350 e. The Hall–Kier alpha value is -3.02. The first-order valence-corrected chi connectivity index (χ1v) is 7.92. The third-order valence-electron chi connectivity index (χ3n) is 4.08. The molecule has 0 aliphatic rings. The number of para-hydroxylation sites is 1. The fourth-order valence-corrected chi connectivity index (χ4v) is 2.68. The number of fused-ring (bicyclic) bond motifs is 1. The van der Waals surface area contributed by atoms with Gasteiger partial charge in [-0.25, -0.2) is 9.37 Å². The van der Waals surface area contributed by atoms with Gasteiger partial charge in [0.05, 0.1) is 17.2 Å². The van der Waals surface area contributed by atoms with Gasteiger partial charge in [0.15, 0.2) is 0 Å². The topological polar surface area (TPSA) is 64.0 Å². The average Bonchev–Trinajstić information content (AvgIpc) is 2.59. The van der Waals surface area contributed by atoms with Crippen LogP contribution in [0.3, 0.4) is 0 Å². The molecule has 128 valence electrons. The number of amides is 1. The van der Waals surface area contributed by atoms with Crippen LogP contribution in [0.2, 0.25) is 0 Å². The Balaban J connectivity index is 1.72. The largest absolute Gasteiger partial charge is 0.350 e. The van der Waals surface area contributed by atoms with Gasteiger partial charge in [0.25, 0.3) is 5.56 Å². The summed E-state index contributed by atoms with van der Waals surface area (Å²) in [6.45, 7) is 3.71. The van der Waals surface area contributed by atoms with Crippen LogP contribution in [0.1, 0.15) is 16.7 Å². The van der Waals surface area contributed by atoms with Crippen molar-refractivity contribution in [1.82, 2.24) is 14.9 Å². The molecule has 0 fully saturated rings. The van der Waals surface area contributed by atoms with E-state index in [1.165, 1.54) is 17.0 Å². The van der Waals surface area contributed by atoms with Gasteiger partial charge in [0, 0.05) is 6.54 Å². The molecule has 2 aromatic carbocycles. The quantitative estimate of drug-likeness (QED) is 0.794. The summed E-state index contributed by atoms with van der Waals surface area (Å²) in [5.41, 5.74) is 2.63. The van der Waals surface area contributed by atoms with E-state index >= 15 is 0 Å². The monoisotopic (exact) mass is 339 g/mol. The van der Waals surface area contributed by atoms with Gasteiger partial charge in [-0.3, -0.25) is 14.2 Å². The molecular formula is C19H18FN3O2. The van der Waals surface area contributed by atoms with Crippen LogP contribution in [0.5, 0.6) is 0 Å². The molecule has 0 radical (unpaired) electrons. The van der Waals surface area contributed by atoms with E-state index in [4.69, 9.17) is 0 Å². The van der Waals surface area contributed by atoms with E-state index in [1.807, 2.05) is 13.0 Å². The summed E-state index contributed by atoms with van der Waals surface area (Å²) in [5.74, 6) is -0.586. The highest BCUT2D eigenvalue weighted by Gasteiger charge is 2.09. The molecule has 3 rings (SSSR count). The van der Waals surface area contributed by atoms with Gasteiger partial charge in [0.2, 0.25) is 5.91 Å². The van der Waals surface area contributed by atoms with Crippen molar-refractivity contribution in [1.29, 1.82) is 0 Å². The number of halogens is 1. The van der Waals surface area contributed by atoms with Crippen LogP contribution in [-0.2, 0) is 17.9 Å². The van der Waals surface area contributed by atoms with Crippen molar-refractivity contribution in [3.63, 3.8) is 0 Å². The molecule has 1 amide bonds.